The van der Waals surface area contributed by atoms with Gasteiger partial charge in [0.05, 0.1) is 10.0 Å². The Morgan fingerprint density at radius 2 is 2.00 bits per heavy atom. The standard InChI is InChI=1S/C18H17Cl2N3O2/c1-11-4-7-16(21-10-11)22-17(24)15-3-2-8-23(15)18(25)12-5-6-13(19)14(20)9-12/h4-7,9-10,15H,2-3,8H2,1H3,(H,21,22,24). The van der Waals surface area contributed by atoms with Gasteiger partial charge in [0.2, 0.25) is 5.91 Å². The molecule has 0 bridgehead atoms. The summed E-state index contributed by atoms with van der Waals surface area (Å²) in [5.41, 5.74) is 1.43. The predicted molar refractivity (Wildman–Crippen MR) is 98.1 cm³/mol. The maximum atomic E-state index is 12.8. The number of aromatic nitrogens is 1. The Kier molecular flexibility index (Phi) is 5.25. The number of hydrogen-bond donors (Lipinski definition) is 1. The number of halogens is 2. The molecule has 1 saturated heterocycles. The lowest BCUT2D eigenvalue weighted by Crippen LogP contribution is -2.43. The molecule has 5 nitrogen and oxygen atoms in total. The third-order valence-corrected chi connectivity index (χ3v) is 4.88. The van der Waals surface area contributed by atoms with Crippen molar-refractivity contribution in [3.63, 3.8) is 0 Å². The van der Waals surface area contributed by atoms with Gasteiger partial charge in [-0.1, -0.05) is 29.3 Å². The van der Waals surface area contributed by atoms with E-state index in [0.717, 1.165) is 12.0 Å². The van der Waals surface area contributed by atoms with Crippen LogP contribution >= 0.6 is 23.2 Å². The van der Waals surface area contributed by atoms with Crippen LogP contribution in [0.15, 0.2) is 36.5 Å². The van der Waals surface area contributed by atoms with Crippen LogP contribution in [-0.2, 0) is 4.79 Å². The summed E-state index contributed by atoms with van der Waals surface area (Å²) in [4.78, 5) is 31.1. The van der Waals surface area contributed by atoms with E-state index in [9.17, 15) is 9.59 Å². The van der Waals surface area contributed by atoms with Gasteiger partial charge in [0.1, 0.15) is 11.9 Å². The Morgan fingerprint density at radius 3 is 2.68 bits per heavy atom. The normalized spacial score (nSPS) is 16.8. The molecule has 1 aliphatic heterocycles. The topological polar surface area (TPSA) is 62.3 Å². The second-order valence-corrected chi connectivity index (χ2v) is 6.81. The van der Waals surface area contributed by atoms with Crippen LogP contribution in [0.3, 0.4) is 0 Å². The number of carbonyl (C=O) groups is 2. The number of nitrogens with one attached hydrogen (secondary N) is 1. The van der Waals surface area contributed by atoms with Gasteiger partial charge in [0.25, 0.3) is 5.91 Å². The highest BCUT2D eigenvalue weighted by molar-refractivity contribution is 6.42. The van der Waals surface area contributed by atoms with Crippen molar-refractivity contribution < 1.29 is 9.59 Å². The van der Waals surface area contributed by atoms with E-state index in [-0.39, 0.29) is 11.8 Å². The van der Waals surface area contributed by atoms with Crippen LogP contribution < -0.4 is 5.32 Å². The molecule has 0 radical (unpaired) electrons. The fourth-order valence-electron chi connectivity index (χ4n) is 2.83. The van der Waals surface area contributed by atoms with Crippen molar-refractivity contribution in [2.75, 3.05) is 11.9 Å². The Bertz CT molecular complexity index is 808. The molecule has 1 aromatic heterocycles. The first kappa shape index (κ1) is 17.7. The van der Waals surface area contributed by atoms with Crippen LogP contribution in [0.1, 0.15) is 28.8 Å². The van der Waals surface area contributed by atoms with Crippen molar-refractivity contribution in [3.05, 3.63) is 57.7 Å². The van der Waals surface area contributed by atoms with Crippen LogP contribution in [-0.4, -0.2) is 34.3 Å². The number of carbonyl (C=O) groups excluding carboxylic acids is 2. The molecule has 1 aliphatic rings. The van der Waals surface area contributed by atoms with Crippen LogP contribution in [0.5, 0.6) is 0 Å². The average Bonchev–Trinajstić information content (AvgIpc) is 3.08. The van der Waals surface area contributed by atoms with Gasteiger partial charge in [-0.2, -0.15) is 0 Å². The summed E-state index contributed by atoms with van der Waals surface area (Å²) >= 11 is 11.9. The van der Waals surface area contributed by atoms with Gasteiger partial charge < -0.3 is 10.2 Å². The molecule has 0 saturated carbocycles. The minimum absolute atomic E-state index is 0.229. The molecule has 130 valence electrons. The van der Waals surface area contributed by atoms with Crippen molar-refractivity contribution in [1.29, 1.82) is 0 Å². The Labute approximate surface area is 155 Å². The number of rotatable bonds is 3. The minimum atomic E-state index is -0.523. The van der Waals surface area contributed by atoms with Gasteiger partial charge >= 0.3 is 0 Å². The smallest absolute Gasteiger partial charge is 0.254 e. The highest BCUT2D eigenvalue weighted by Gasteiger charge is 2.34. The van der Waals surface area contributed by atoms with Crippen LogP contribution in [0.4, 0.5) is 5.82 Å². The number of aryl methyl sites for hydroxylation is 1. The minimum Gasteiger partial charge on any atom is -0.327 e. The number of nitrogens with zero attached hydrogens (tertiary/aromatic N) is 2. The molecular weight excluding hydrogens is 361 g/mol. The zero-order valence-corrected chi connectivity index (χ0v) is 15.1. The summed E-state index contributed by atoms with van der Waals surface area (Å²) in [6, 6.07) is 7.82. The molecule has 0 spiro atoms. The van der Waals surface area contributed by atoms with Crippen molar-refractivity contribution in [2.24, 2.45) is 0 Å². The van der Waals surface area contributed by atoms with E-state index in [1.807, 2.05) is 13.0 Å². The first-order chi connectivity index (χ1) is 12.0. The first-order valence-corrected chi connectivity index (χ1v) is 8.71. The van der Waals surface area contributed by atoms with Gasteiger partial charge in [-0.15, -0.1) is 0 Å². The number of pyridine rings is 1. The Balaban J connectivity index is 1.74. The molecule has 1 aromatic carbocycles. The molecule has 1 atom stereocenters. The predicted octanol–water partition coefficient (Wildman–Crippen LogP) is 3.94. The van der Waals surface area contributed by atoms with E-state index in [1.165, 1.54) is 6.07 Å². The van der Waals surface area contributed by atoms with E-state index in [2.05, 4.69) is 10.3 Å². The molecule has 2 heterocycles. The van der Waals surface area contributed by atoms with Gasteiger partial charge in [-0.3, -0.25) is 9.59 Å². The van der Waals surface area contributed by atoms with Crippen molar-refractivity contribution >= 4 is 40.8 Å². The highest BCUT2D eigenvalue weighted by Crippen LogP contribution is 2.26. The van der Waals surface area contributed by atoms with Crippen molar-refractivity contribution in [1.82, 2.24) is 9.88 Å². The lowest BCUT2D eigenvalue weighted by atomic mass is 10.1. The molecule has 7 heteroatoms. The summed E-state index contributed by atoms with van der Waals surface area (Å²) in [6.07, 6.45) is 3.07. The van der Waals surface area contributed by atoms with Crippen molar-refractivity contribution in [3.8, 4) is 0 Å². The summed E-state index contributed by atoms with van der Waals surface area (Å²) in [7, 11) is 0. The molecule has 2 aromatic rings. The van der Waals surface area contributed by atoms with Crippen molar-refractivity contribution in [2.45, 2.75) is 25.8 Å². The second kappa shape index (κ2) is 7.42. The highest BCUT2D eigenvalue weighted by atomic mass is 35.5. The van der Waals surface area contributed by atoms with Crippen LogP contribution in [0.25, 0.3) is 0 Å². The van der Waals surface area contributed by atoms with E-state index in [1.54, 1.807) is 29.3 Å². The fourth-order valence-corrected chi connectivity index (χ4v) is 3.13. The number of likely N-dealkylation sites (tertiary alicyclic amines) is 1. The molecule has 3 rings (SSSR count). The largest absolute Gasteiger partial charge is 0.327 e. The lowest BCUT2D eigenvalue weighted by Gasteiger charge is -2.24. The third kappa shape index (κ3) is 3.94. The third-order valence-electron chi connectivity index (χ3n) is 4.15. The molecule has 25 heavy (non-hydrogen) atoms. The van der Waals surface area contributed by atoms with E-state index < -0.39 is 6.04 Å². The number of benzene rings is 1. The SMILES string of the molecule is Cc1ccc(NC(=O)C2CCCN2C(=O)c2ccc(Cl)c(Cl)c2)nc1. The Morgan fingerprint density at radius 1 is 1.20 bits per heavy atom. The molecule has 0 aliphatic carbocycles. The molecule has 1 unspecified atom stereocenters. The summed E-state index contributed by atoms with van der Waals surface area (Å²) in [5, 5.41) is 3.48. The van der Waals surface area contributed by atoms with Gasteiger partial charge in [0.15, 0.2) is 0 Å². The summed E-state index contributed by atoms with van der Waals surface area (Å²) in [6.45, 7) is 2.45. The quantitative estimate of drug-likeness (QED) is 0.880. The van der Waals surface area contributed by atoms with Gasteiger partial charge in [-0.25, -0.2) is 4.98 Å². The monoisotopic (exact) mass is 377 g/mol. The van der Waals surface area contributed by atoms with E-state index in [0.29, 0.717) is 34.4 Å². The van der Waals surface area contributed by atoms with Crippen LogP contribution in [0, 0.1) is 6.92 Å². The maximum absolute atomic E-state index is 12.8. The maximum Gasteiger partial charge on any atom is 0.254 e. The first-order valence-electron chi connectivity index (χ1n) is 7.95. The zero-order valence-electron chi connectivity index (χ0n) is 13.6. The zero-order chi connectivity index (χ0) is 18.0. The van der Waals surface area contributed by atoms with Gasteiger partial charge in [0, 0.05) is 18.3 Å². The van der Waals surface area contributed by atoms with E-state index >= 15 is 0 Å². The lowest BCUT2D eigenvalue weighted by molar-refractivity contribution is -0.119. The molecular formula is C18H17Cl2N3O2. The number of anilines is 1. The summed E-state index contributed by atoms with van der Waals surface area (Å²) < 4.78 is 0. The fraction of sp³-hybridized carbons (Fsp3) is 0.278. The van der Waals surface area contributed by atoms with Crippen LogP contribution in [0.2, 0.25) is 10.0 Å². The average molecular weight is 378 g/mol. The molecule has 1 N–H and O–H groups in total. The van der Waals surface area contributed by atoms with Gasteiger partial charge in [-0.05, 0) is 49.6 Å². The molecule has 1 fully saturated rings. The van der Waals surface area contributed by atoms with E-state index in [4.69, 9.17) is 23.2 Å². The number of hydrogen-bond acceptors (Lipinski definition) is 3. The molecule has 2 amide bonds. The second-order valence-electron chi connectivity index (χ2n) is 6.00. The number of amides is 2. The Hall–Kier alpha value is -2.11. The summed E-state index contributed by atoms with van der Waals surface area (Å²) in [5.74, 6) is 0.0137.